The summed E-state index contributed by atoms with van der Waals surface area (Å²) in [6.45, 7) is 4.34. The molecule has 0 saturated carbocycles. The maximum absolute atomic E-state index is 5.82. The van der Waals surface area contributed by atoms with Gasteiger partial charge >= 0.3 is 0 Å². The minimum Gasteiger partial charge on any atom is -0.398 e. The molecule has 14 heavy (non-hydrogen) atoms. The Balaban J connectivity index is 2.77. The van der Waals surface area contributed by atoms with Gasteiger partial charge in [0.25, 0.3) is 0 Å². The minimum atomic E-state index is 0.475. The first-order chi connectivity index (χ1) is 6.61. The molecule has 0 saturated heterocycles. The van der Waals surface area contributed by atoms with Crippen molar-refractivity contribution in [1.29, 1.82) is 0 Å². The number of aromatic nitrogens is 1. The molecule has 2 rings (SSSR count). The predicted molar refractivity (Wildman–Crippen MR) is 64.4 cm³/mol. The molecule has 0 aliphatic carbocycles. The Hall–Kier alpha value is -0.960. The fraction of sp³-hybridized carbons (Fsp3) is 0.273. The van der Waals surface area contributed by atoms with Crippen molar-refractivity contribution in [3.05, 3.63) is 28.9 Å². The quantitative estimate of drug-likeness (QED) is 0.774. The second-order valence-electron chi connectivity index (χ2n) is 3.72. The molecule has 0 unspecified atom stereocenters. The average Bonchev–Trinajstić information content (AvgIpc) is 2.55. The van der Waals surface area contributed by atoms with Crippen molar-refractivity contribution >= 4 is 32.5 Å². The summed E-state index contributed by atoms with van der Waals surface area (Å²) < 4.78 is 3.23. The Labute approximate surface area is 91.8 Å². The Morgan fingerprint density at radius 2 is 2.00 bits per heavy atom. The highest BCUT2D eigenvalue weighted by Gasteiger charge is 2.07. The number of nitrogens with zero attached hydrogens (tertiary/aromatic N) is 1. The fourth-order valence-electron chi connectivity index (χ4n) is 1.67. The van der Waals surface area contributed by atoms with E-state index < -0.39 is 0 Å². The van der Waals surface area contributed by atoms with Crippen LogP contribution in [0.15, 0.2) is 28.9 Å². The van der Waals surface area contributed by atoms with Crippen LogP contribution in [-0.2, 0) is 0 Å². The lowest BCUT2D eigenvalue weighted by atomic mass is 10.2. The molecule has 2 N–H and O–H groups in total. The number of hydrogen-bond acceptors (Lipinski definition) is 1. The second kappa shape index (κ2) is 3.31. The normalized spacial score (nSPS) is 11.4. The van der Waals surface area contributed by atoms with Gasteiger partial charge in [-0.3, -0.25) is 0 Å². The van der Waals surface area contributed by atoms with Gasteiger partial charge < -0.3 is 10.3 Å². The fourth-order valence-corrected chi connectivity index (χ4v) is 2.14. The first-order valence-electron chi connectivity index (χ1n) is 4.66. The topological polar surface area (TPSA) is 30.9 Å². The number of rotatable bonds is 1. The number of fused-ring (bicyclic) bond motifs is 1. The van der Waals surface area contributed by atoms with E-state index >= 15 is 0 Å². The lowest BCUT2D eigenvalue weighted by molar-refractivity contribution is 0.623. The molecule has 1 heterocycles. The van der Waals surface area contributed by atoms with Crippen LogP contribution in [0.3, 0.4) is 0 Å². The van der Waals surface area contributed by atoms with Crippen LogP contribution in [-0.4, -0.2) is 4.57 Å². The Bertz CT molecular complexity index is 471. The number of benzene rings is 1. The van der Waals surface area contributed by atoms with Gasteiger partial charge in [-0.15, -0.1) is 0 Å². The molecule has 2 nitrogen and oxygen atoms in total. The van der Waals surface area contributed by atoms with Gasteiger partial charge in [-0.25, -0.2) is 0 Å². The van der Waals surface area contributed by atoms with E-state index in [0.29, 0.717) is 6.04 Å². The highest BCUT2D eigenvalue weighted by molar-refractivity contribution is 9.10. The van der Waals surface area contributed by atoms with Crippen molar-refractivity contribution < 1.29 is 0 Å². The van der Waals surface area contributed by atoms with E-state index in [4.69, 9.17) is 5.73 Å². The Kier molecular flexibility index (Phi) is 2.27. The summed E-state index contributed by atoms with van der Waals surface area (Å²) in [5, 5.41) is 1.18. The summed E-state index contributed by atoms with van der Waals surface area (Å²) in [5.41, 5.74) is 7.83. The van der Waals surface area contributed by atoms with Crippen LogP contribution in [0.1, 0.15) is 19.9 Å². The number of anilines is 1. The van der Waals surface area contributed by atoms with Gasteiger partial charge in [-0.1, -0.05) is 0 Å². The molecular formula is C11H13BrN2. The summed E-state index contributed by atoms with van der Waals surface area (Å²) in [4.78, 5) is 0. The van der Waals surface area contributed by atoms with Crippen LogP contribution >= 0.6 is 15.9 Å². The van der Waals surface area contributed by atoms with E-state index in [0.717, 1.165) is 10.2 Å². The lowest BCUT2D eigenvalue weighted by Gasteiger charge is -2.09. The van der Waals surface area contributed by atoms with E-state index in [9.17, 15) is 0 Å². The standard InChI is InChI=1S/C11H13BrN2/c1-7(2)14-6-5-8-10(14)4-3-9(13)11(8)12/h3-7H,13H2,1-2H3. The van der Waals surface area contributed by atoms with Crippen molar-refractivity contribution in [2.45, 2.75) is 19.9 Å². The number of hydrogen-bond donors (Lipinski definition) is 1. The highest BCUT2D eigenvalue weighted by atomic mass is 79.9. The molecule has 0 aliphatic rings. The molecule has 0 radical (unpaired) electrons. The largest absolute Gasteiger partial charge is 0.398 e. The average molecular weight is 253 g/mol. The molecule has 2 aromatic rings. The maximum atomic E-state index is 5.82. The zero-order chi connectivity index (χ0) is 10.3. The van der Waals surface area contributed by atoms with Crippen molar-refractivity contribution in [2.75, 3.05) is 5.73 Å². The summed E-state index contributed by atoms with van der Waals surface area (Å²) in [6.07, 6.45) is 2.10. The molecule has 0 spiro atoms. The third kappa shape index (κ3) is 1.32. The van der Waals surface area contributed by atoms with Crippen LogP contribution in [0, 0.1) is 0 Å². The second-order valence-corrected chi connectivity index (χ2v) is 4.51. The summed E-state index contributed by atoms with van der Waals surface area (Å²) in [7, 11) is 0. The minimum absolute atomic E-state index is 0.475. The Morgan fingerprint density at radius 3 is 2.64 bits per heavy atom. The molecular weight excluding hydrogens is 240 g/mol. The monoisotopic (exact) mass is 252 g/mol. The van der Waals surface area contributed by atoms with Gasteiger partial charge in [0.2, 0.25) is 0 Å². The summed E-state index contributed by atoms with van der Waals surface area (Å²) in [6, 6.07) is 6.57. The van der Waals surface area contributed by atoms with Crippen LogP contribution in [0.25, 0.3) is 10.9 Å². The summed E-state index contributed by atoms with van der Waals surface area (Å²) in [5.74, 6) is 0. The molecule has 0 aliphatic heterocycles. The molecule has 3 heteroatoms. The number of nitrogens with two attached hydrogens (primary N) is 1. The van der Waals surface area contributed by atoms with Crippen LogP contribution < -0.4 is 5.73 Å². The van der Waals surface area contributed by atoms with E-state index in [1.54, 1.807) is 0 Å². The van der Waals surface area contributed by atoms with Crippen LogP contribution in [0.5, 0.6) is 0 Å². The van der Waals surface area contributed by atoms with E-state index in [1.165, 1.54) is 10.9 Å². The van der Waals surface area contributed by atoms with E-state index in [-0.39, 0.29) is 0 Å². The summed E-state index contributed by atoms with van der Waals surface area (Å²) >= 11 is 3.50. The molecule has 0 fully saturated rings. The highest BCUT2D eigenvalue weighted by Crippen LogP contribution is 2.31. The maximum Gasteiger partial charge on any atom is 0.0498 e. The van der Waals surface area contributed by atoms with Gasteiger partial charge in [-0.2, -0.15) is 0 Å². The lowest BCUT2D eigenvalue weighted by Crippen LogP contribution is -1.98. The third-order valence-corrected chi connectivity index (χ3v) is 3.31. The molecule has 1 aromatic carbocycles. The van der Waals surface area contributed by atoms with Crippen LogP contribution in [0.2, 0.25) is 0 Å². The molecule has 0 atom stereocenters. The van der Waals surface area contributed by atoms with E-state index in [2.05, 4.69) is 52.7 Å². The van der Waals surface area contributed by atoms with Gasteiger partial charge in [0, 0.05) is 33.3 Å². The van der Waals surface area contributed by atoms with E-state index in [1.807, 2.05) is 6.07 Å². The first-order valence-corrected chi connectivity index (χ1v) is 5.45. The predicted octanol–water partition coefficient (Wildman–Crippen LogP) is 3.57. The molecule has 74 valence electrons. The van der Waals surface area contributed by atoms with Gasteiger partial charge in [0.15, 0.2) is 0 Å². The first kappa shape index (κ1) is 9.59. The third-order valence-electron chi connectivity index (χ3n) is 2.42. The zero-order valence-corrected chi connectivity index (χ0v) is 9.88. The molecule has 1 aromatic heterocycles. The van der Waals surface area contributed by atoms with Crippen molar-refractivity contribution in [1.82, 2.24) is 4.57 Å². The van der Waals surface area contributed by atoms with Crippen molar-refractivity contribution in [2.24, 2.45) is 0 Å². The smallest absolute Gasteiger partial charge is 0.0498 e. The zero-order valence-electron chi connectivity index (χ0n) is 8.29. The number of halogens is 1. The van der Waals surface area contributed by atoms with Crippen LogP contribution in [0.4, 0.5) is 5.69 Å². The van der Waals surface area contributed by atoms with Crippen molar-refractivity contribution in [3.63, 3.8) is 0 Å². The van der Waals surface area contributed by atoms with Gasteiger partial charge in [-0.05, 0) is 48.0 Å². The molecule has 0 bridgehead atoms. The SMILES string of the molecule is CC(C)n1ccc2c(Br)c(N)ccc21. The number of nitrogen functional groups attached to an aromatic ring is 1. The van der Waals surface area contributed by atoms with Crippen molar-refractivity contribution in [3.8, 4) is 0 Å². The Morgan fingerprint density at radius 1 is 1.29 bits per heavy atom. The van der Waals surface area contributed by atoms with Gasteiger partial charge in [0.05, 0.1) is 0 Å². The van der Waals surface area contributed by atoms with Gasteiger partial charge in [0.1, 0.15) is 0 Å². The molecule has 0 amide bonds.